The Hall–Kier alpha value is -1.39. The molecule has 2 aromatic rings. The fourth-order valence-corrected chi connectivity index (χ4v) is 3.11. The zero-order valence-electron chi connectivity index (χ0n) is 12.3. The van der Waals surface area contributed by atoms with E-state index in [1.807, 2.05) is 11.4 Å². The zero-order valence-corrected chi connectivity index (χ0v) is 13.1. The molecule has 1 aromatic carbocycles. The molecule has 0 amide bonds. The number of hydrogen-bond donors (Lipinski definition) is 2. The summed E-state index contributed by atoms with van der Waals surface area (Å²) in [5.41, 5.74) is 2.46. The predicted octanol–water partition coefficient (Wildman–Crippen LogP) is 3.28. The maximum Gasteiger partial charge on any atom is 0.304 e. The van der Waals surface area contributed by atoms with E-state index >= 15 is 0 Å². The molecule has 1 aromatic heterocycles. The third-order valence-corrected chi connectivity index (χ3v) is 4.30. The molecule has 0 aliphatic rings. The van der Waals surface area contributed by atoms with E-state index in [4.69, 9.17) is 0 Å². The van der Waals surface area contributed by atoms with Crippen molar-refractivity contribution in [2.75, 3.05) is 0 Å². The molecule has 0 saturated carbocycles. The third-order valence-electron chi connectivity index (χ3n) is 3.58. The van der Waals surface area contributed by atoms with Crippen molar-refractivity contribution in [1.29, 1.82) is 0 Å². The lowest BCUT2D eigenvalue weighted by molar-refractivity contribution is 0.387. The number of hydrogen-bond acceptors (Lipinski definition) is 3. The summed E-state index contributed by atoms with van der Waals surface area (Å²) in [5.74, 6) is 0. The highest BCUT2D eigenvalue weighted by Gasteiger charge is 2.22. The van der Waals surface area contributed by atoms with Crippen molar-refractivity contribution in [2.45, 2.75) is 45.2 Å². The van der Waals surface area contributed by atoms with Crippen LogP contribution >= 0.6 is 11.3 Å². The minimum atomic E-state index is 0.0130. The molecule has 1 heterocycles. The van der Waals surface area contributed by atoms with Crippen LogP contribution in [0.4, 0.5) is 0 Å². The van der Waals surface area contributed by atoms with Gasteiger partial charge in [0.25, 0.3) is 0 Å². The second-order valence-electron chi connectivity index (χ2n) is 5.91. The summed E-state index contributed by atoms with van der Waals surface area (Å²) in [6.45, 7) is 7.44. The largest absolute Gasteiger partial charge is 0.315 e. The van der Waals surface area contributed by atoms with Gasteiger partial charge in [-0.05, 0) is 24.3 Å². The van der Waals surface area contributed by atoms with Gasteiger partial charge in [0.05, 0.1) is 0 Å². The predicted molar refractivity (Wildman–Crippen MR) is 85.3 cm³/mol. The fraction of sp³-hybridized carbons (Fsp3) is 0.438. The van der Waals surface area contributed by atoms with E-state index in [0.29, 0.717) is 12.6 Å². The SMILES string of the molecule is CC(CC(C)(C)c1ccccc1)NCc1csc(=O)[nH]1. The molecule has 4 heteroatoms. The number of nitrogens with one attached hydrogen (secondary N) is 2. The summed E-state index contributed by atoms with van der Waals surface area (Å²) < 4.78 is 0. The van der Waals surface area contributed by atoms with Crippen LogP contribution in [-0.2, 0) is 12.0 Å². The second-order valence-corrected chi connectivity index (χ2v) is 6.75. The van der Waals surface area contributed by atoms with Crippen LogP contribution in [0.3, 0.4) is 0 Å². The molecule has 0 saturated heterocycles. The molecular formula is C16H22N2OS. The van der Waals surface area contributed by atoms with E-state index in [9.17, 15) is 4.79 Å². The van der Waals surface area contributed by atoms with Crippen molar-refractivity contribution < 1.29 is 0 Å². The number of aromatic nitrogens is 1. The lowest BCUT2D eigenvalue weighted by Crippen LogP contribution is -2.33. The van der Waals surface area contributed by atoms with Crippen LogP contribution in [0, 0.1) is 0 Å². The molecule has 3 nitrogen and oxygen atoms in total. The Balaban J connectivity index is 1.90. The van der Waals surface area contributed by atoms with Crippen molar-refractivity contribution in [2.24, 2.45) is 0 Å². The van der Waals surface area contributed by atoms with Crippen LogP contribution in [0.5, 0.6) is 0 Å². The van der Waals surface area contributed by atoms with Crippen molar-refractivity contribution in [3.8, 4) is 0 Å². The van der Waals surface area contributed by atoms with E-state index in [1.165, 1.54) is 16.9 Å². The number of H-pyrrole nitrogens is 1. The zero-order chi connectivity index (χ0) is 14.6. The number of benzene rings is 1. The summed E-state index contributed by atoms with van der Waals surface area (Å²) in [7, 11) is 0. The summed E-state index contributed by atoms with van der Waals surface area (Å²) in [6.07, 6.45) is 1.05. The Kier molecular flexibility index (Phi) is 4.78. The first-order valence-electron chi connectivity index (χ1n) is 6.93. The van der Waals surface area contributed by atoms with Crippen LogP contribution in [0.1, 0.15) is 38.4 Å². The van der Waals surface area contributed by atoms with E-state index in [-0.39, 0.29) is 10.3 Å². The van der Waals surface area contributed by atoms with Crippen LogP contribution in [0.2, 0.25) is 0 Å². The Labute approximate surface area is 124 Å². The van der Waals surface area contributed by atoms with E-state index in [2.05, 4.69) is 55.3 Å². The van der Waals surface area contributed by atoms with Gasteiger partial charge in [-0.1, -0.05) is 55.5 Å². The van der Waals surface area contributed by atoms with Crippen molar-refractivity contribution in [3.05, 3.63) is 56.6 Å². The van der Waals surface area contributed by atoms with Gasteiger partial charge in [-0.2, -0.15) is 0 Å². The average molecular weight is 290 g/mol. The molecule has 108 valence electrons. The Morgan fingerprint density at radius 1 is 1.30 bits per heavy atom. The summed E-state index contributed by atoms with van der Waals surface area (Å²) in [6, 6.07) is 11.0. The van der Waals surface area contributed by atoms with Gasteiger partial charge in [0, 0.05) is 23.7 Å². The van der Waals surface area contributed by atoms with Gasteiger partial charge in [-0.15, -0.1) is 0 Å². The highest BCUT2D eigenvalue weighted by molar-refractivity contribution is 7.07. The normalized spacial score (nSPS) is 13.3. The van der Waals surface area contributed by atoms with Gasteiger partial charge in [0.1, 0.15) is 0 Å². The van der Waals surface area contributed by atoms with E-state index < -0.39 is 0 Å². The van der Waals surface area contributed by atoms with E-state index in [1.54, 1.807) is 0 Å². The fourth-order valence-electron chi connectivity index (χ4n) is 2.53. The highest BCUT2D eigenvalue weighted by Crippen LogP contribution is 2.28. The van der Waals surface area contributed by atoms with Gasteiger partial charge >= 0.3 is 4.87 Å². The Morgan fingerprint density at radius 3 is 2.60 bits per heavy atom. The molecule has 20 heavy (non-hydrogen) atoms. The first-order chi connectivity index (χ1) is 9.47. The van der Waals surface area contributed by atoms with Crippen molar-refractivity contribution in [3.63, 3.8) is 0 Å². The smallest absolute Gasteiger partial charge is 0.304 e. The van der Waals surface area contributed by atoms with Crippen LogP contribution in [-0.4, -0.2) is 11.0 Å². The molecule has 0 aliphatic carbocycles. The van der Waals surface area contributed by atoms with Crippen molar-refractivity contribution >= 4 is 11.3 Å². The molecule has 0 spiro atoms. The summed E-state index contributed by atoms with van der Waals surface area (Å²) in [5, 5.41) is 5.35. The van der Waals surface area contributed by atoms with Crippen LogP contribution in [0.15, 0.2) is 40.5 Å². The van der Waals surface area contributed by atoms with Gasteiger partial charge in [-0.3, -0.25) is 4.79 Å². The van der Waals surface area contributed by atoms with Gasteiger partial charge < -0.3 is 10.3 Å². The molecule has 0 fully saturated rings. The number of thiazole rings is 1. The van der Waals surface area contributed by atoms with Gasteiger partial charge in [0.15, 0.2) is 0 Å². The monoisotopic (exact) mass is 290 g/mol. The maximum absolute atomic E-state index is 11.1. The number of aromatic amines is 1. The maximum atomic E-state index is 11.1. The van der Waals surface area contributed by atoms with Gasteiger partial charge in [0.2, 0.25) is 0 Å². The first-order valence-corrected chi connectivity index (χ1v) is 7.81. The van der Waals surface area contributed by atoms with Crippen LogP contribution in [0.25, 0.3) is 0 Å². The second kappa shape index (κ2) is 6.37. The molecule has 0 bridgehead atoms. The first kappa shape index (κ1) is 15.0. The van der Waals surface area contributed by atoms with Gasteiger partial charge in [-0.25, -0.2) is 0 Å². The summed E-state index contributed by atoms with van der Waals surface area (Å²) >= 11 is 1.21. The standard InChI is InChI=1S/C16H22N2OS/c1-12(17-10-14-11-20-15(19)18-14)9-16(2,3)13-7-5-4-6-8-13/h4-8,11-12,17H,9-10H2,1-3H3,(H,18,19). The molecule has 2 rings (SSSR count). The third kappa shape index (κ3) is 4.05. The van der Waals surface area contributed by atoms with Crippen LogP contribution < -0.4 is 10.2 Å². The molecule has 1 atom stereocenters. The summed E-state index contributed by atoms with van der Waals surface area (Å²) in [4.78, 5) is 13.9. The van der Waals surface area contributed by atoms with Crippen molar-refractivity contribution in [1.82, 2.24) is 10.3 Å². The molecule has 0 radical (unpaired) electrons. The molecule has 2 N–H and O–H groups in total. The molecular weight excluding hydrogens is 268 g/mol. The lowest BCUT2D eigenvalue weighted by Gasteiger charge is -2.29. The molecule has 0 aliphatic heterocycles. The Bertz CT molecular complexity index is 586. The highest BCUT2D eigenvalue weighted by atomic mass is 32.1. The minimum Gasteiger partial charge on any atom is -0.315 e. The Morgan fingerprint density at radius 2 is 2.00 bits per heavy atom. The topological polar surface area (TPSA) is 44.9 Å². The molecule has 1 unspecified atom stereocenters. The quantitative estimate of drug-likeness (QED) is 0.857. The average Bonchev–Trinajstić information content (AvgIpc) is 2.83. The number of rotatable bonds is 6. The minimum absolute atomic E-state index is 0.0130. The lowest BCUT2D eigenvalue weighted by atomic mass is 9.79. The van der Waals surface area contributed by atoms with E-state index in [0.717, 1.165) is 12.1 Å².